The monoisotopic (exact) mass is 332 g/mol. The maximum atomic E-state index is 12.5. The predicted octanol–water partition coefficient (Wildman–Crippen LogP) is -1.90. The molecule has 0 aromatic carbocycles. The summed E-state index contributed by atoms with van der Waals surface area (Å²) >= 11 is -2.11. The van der Waals surface area contributed by atoms with Crippen LogP contribution >= 0.6 is 0 Å². The largest absolute Gasteiger partial charge is 0.771 e. The van der Waals surface area contributed by atoms with Crippen molar-refractivity contribution in [3.63, 3.8) is 0 Å². The van der Waals surface area contributed by atoms with Crippen molar-refractivity contribution in [3.05, 3.63) is 0 Å². The molecule has 2 aliphatic heterocycles. The first-order chi connectivity index (χ1) is 10.3. The van der Waals surface area contributed by atoms with Crippen LogP contribution in [0.4, 0.5) is 0 Å². The molecule has 2 aliphatic rings. The molecule has 2 fully saturated rings. The zero-order chi connectivity index (χ0) is 16.4. The highest BCUT2D eigenvalue weighted by atomic mass is 32.2. The highest BCUT2D eigenvalue weighted by Gasteiger charge is 2.47. The smallest absolute Gasteiger partial charge is 0.228 e. The molecule has 0 saturated carbocycles. The van der Waals surface area contributed by atoms with E-state index in [2.05, 4.69) is 5.32 Å². The van der Waals surface area contributed by atoms with Crippen LogP contribution in [0.2, 0.25) is 0 Å². The van der Waals surface area contributed by atoms with Crippen LogP contribution in [0, 0.1) is 11.8 Å². The standard InChI is InChI=1S/C13H23N3O5S/c1-8(11-10(9(2)17)12(18)14-11)13(19)16-5-3-15(4-6-16)7-22(20)21/h8-11,17H,3-7H2,1-2H3,(H,14,18)(H,20,21)/p-1/t8-,9-,10-,11-/m1/s1. The van der Waals surface area contributed by atoms with Crippen molar-refractivity contribution in [2.45, 2.75) is 26.0 Å². The molecule has 2 N–H and O–H groups in total. The van der Waals surface area contributed by atoms with Gasteiger partial charge in [-0.1, -0.05) is 6.92 Å². The summed E-state index contributed by atoms with van der Waals surface area (Å²) < 4.78 is 21.3. The Labute approximate surface area is 132 Å². The molecule has 5 atom stereocenters. The first kappa shape index (κ1) is 17.3. The Balaban J connectivity index is 1.87. The van der Waals surface area contributed by atoms with Gasteiger partial charge in [0.2, 0.25) is 11.8 Å². The van der Waals surface area contributed by atoms with Crippen LogP contribution in [0.3, 0.4) is 0 Å². The fourth-order valence-corrected chi connectivity index (χ4v) is 3.62. The second kappa shape index (κ2) is 7.03. The third-order valence-electron chi connectivity index (χ3n) is 4.42. The lowest BCUT2D eigenvalue weighted by molar-refractivity contribution is -0.149. The molecule has 0 aromatic rings. The third kappa shape index (κ3) is 3.65. The minimum absolute atomic E-state index is 0.0135. The molecular formula is C13H22N3O5S-. The van der Waals surface area contributed by atoms with Gasteiger partial charge in [0.15, 0.2) is 0 Å². The van der Waals surface area contributed by atoms with Crippen molar-refractivity contribution >= 4 is 22.9 Å². The van der Waals surface area contributed by atoms with Crippen molar-refractivity contribution in [1.29, 1.82) is 0 Å². The van der Waals surface area contributed by atoms with E-state index in [1.165, 1.54) is 0 Å². The van der Waals surface area contributed by atoms with Crippen molar-refractivity contribution < 1.29 is 23.5 Å². The van der Waals surface area contributed by atoms with Crippen LogP contribution in [0.15, 0.2) is 0 Å². The average molecular weight is 332 g/mol. The van der Waals surface area contributed by atoms with Crippen LogP contribution in [0.1, 0.15) is 13.8 Å². The van der Waals surface area contributed by atoms with E-state index in [-0.39, 0.29) is 23.7 Å². The number of hydrogen-bond donors (Lipinski definition) is 2. The highest BCUT2D eigenvalue weighted by molar-refractivity contribution is 7.79. The Morgan fingerprint density at radius 1 is 1.41 bits per heavy atom. The molecule has 8 nitrogen and oxygen atoms in total. The molecule has 0 bridgehead atoms. The normalized spacial score (nSPS) is 30.2. The average Bonchev–Trinajstić information content (AvgIpc) is 2.42. The van der Waals surface area contributed by atoms with Gasteiger partial charge in [0.1, 0.15) is 0 Å². The number of nitrogens with zero attached hydrogens (tertiary/aromatic N) is 2. The predicted molar refractivity (Wildman–Crippen MR) is 78.2 cm³/mol. The summed E-state index contributed by atoms with van der Waals surface area (Å²) in [5, 5.41) is 12.3. The van der Waals surface area contributed by atoms with Crippen LogP contribution in [0.25, 0.3) is 0 Å². The SMILES string of the molecule is C[C@@H](O)[C@H]1C(=O)N[C@@H]1[C@@H](C)C(=O)N1CCN(CS(=O)[O-])CC1. The van der Waals surface area contributed by atoms with Gasteiger partial charge in [0, 0.05) is 26.2 Å². The van der Waals surface area contributed by atoms with E-state index in [0.717, 1.165) is 0 Å². The van der Waals surface area contributed by atoms with E-state index >= 15 is 0 Å². The lowest BCUT2D eigenvalue weighted by Gasteiger charge is -2.43. The quantitative estimate of drug-likeness (QED) is 0.449. The zero-order valence-electron chi connectivity index (χ0n) is 12.7. The summed E-state index contributed by atoms with van der Waals surface area (Å²) in [6.45, 7) is 5.28. The van der Waals surface area contributed by atoms with Gasteiger partial charge in [-0.2, -0.15) is 0 Å². The maximum absolute atomic E-state index is 12.5. The molecule has 1 unspecified atom stereocenters. The van der Waals surface area contributed by atoms with Crippen LogP contribution in [-0.2, 0) is 20.7 Å². The number of β-lactam (4-membered cyclic amide) rings is 1. The summed E-state index contributed by atoms with van der Waals surface area (Å²) in [4.78, 5) is 27.4. The Morgan fingerprint density at radius 2 is 2.00 bits per heavy atom. The van der Waals surface area contributed by atoms with E-state index in [9.17, 15) is 23.5 Å². The summed E-state index contributed by atoms with van der Waals surface area (Å²) in [6.07, 6.45) is -0.780. The number of aliphatic hydroxyl groups is 1. The molecule has 2 rings (SSSR count). The van der Waals surface area contributed by atoms with Gasteiger partial charge < -0.3 is 19.9 Å². The number of carbonyl (C=O) groups is 2. The number of aliphatic hydroxyl groups excluding tert-OH is 1. The fraction of sp³-hybridized carbons (Fsp3) is 0.846. The summed E-state index contributed by atoms with van der Waals surface area (Å²) in [7, 11) is 0. The molecule has 0 aliphatic carbocycles. The molecule has 2 amide bonds. The number of amides is 2. The molecular weight excluding hydrogens is 310 g/mol. The van der Waals surface area contributed by atoms with E-state index in [4.69, 9.17) is 0 Å². The zero-order valence-corrected chi connectivity index (χ0v) is 13.5. The van der Waals surface area contributed by atoms with Crippen molar-refractivity contribution in [2.24, 2.45) is 11.8 Å². The second-order valence-corrected chi connectivity index (χ2v) is 6.83. The summed E-state index contributed by atoms with van der Waals surface area (Å²) in [5.74, 6) is -1.25. The van der Waals surface area contributed by atoms with E-state index in [1.54, 1.807) is 23.6 Å². The van der Waals surface area contributed by atoms with Gasteiger partial charge in [-0.05, 0) is 18.0 Å². The fourth-order valence-electron chi connectivity index (χ4n) is 3.06. The number of hydrogen-bond acceptors (Lipinski definition) is 6. The lowest BCUT2D eigenvalue weighted by Crippen LogP contribution is -2.66. The highest BCUT2D eigenvalue weighted by Crippen LogP contribution is 2.27. The number of nitrogens with one attached hydrogen (secondary N) is 1. The van der Waals surface area contributed by atoms with Crippen LogP contribution < -0.4 is 5.32 Å². The van der Waals surface area contributed by atoms with Crippen molar-refractivity contribution in [3.8, 4) is 0 Å². The van der Waals surface area contributed by atoms with Crippen LogP contribution in [-0.4, -0.2) is 79.7 Å². The Morgan fingerprint density at radius 3 is 2.45 bits per heavy atom. The summed E-state index contributed by atoms with van der Waals surface area (Å²) in [6, 6.07) is -0.341. The van der Waals surface area contributed by atoms with Gasteiger partial charge in [-0.25, -0.2) is 0 Å². The minimum Gasteiger partial charge on any atom is -0.771 e. The van der Waals surface area contributed by atoms with E-state index in [1.807, 2.05) is 0 Å². The third-order valence-corrected chi connectivity index (χ3v) is 4.99. The van der Waals surface area contributed by atoms with E-state index < -0.39 is 29.0 Å². The Bertz CT molecular complexity index is 465. The van der Waals surface area contributed by atoms with Crippen LogP contribution in [0.5, 0.6) is 0 Å². The van der Waals surface area contributed by atoms with Crippen molar-refractivity contribution in [2.75, 3.05) is 32.1 Å². The molecule has 126 valence electrons. The number of rotatable bonds is 5. The first-order valence-corrected chi connectivity index (χ1v) is 8.61. The molecule has 0 radical (unpaired) electrons. The van der Waals surface area contributed by atoms with Gasteiger partial charge in [-0.15, -0.1) is 0 Å². The molecule has 9 heteroatoms. The Hall–Kier alpha value is -1.03. The molecule has 2 saturated heterocycles. The lowest BCUT2D eigenvalue weighted by atomic mass is 9.78. The molecule has 2 heterocycles. The maximum Gasteiger partial charge on any atom is 0.228 e. The van der Waals surface area contributed by atoms with Gasteiger partial charge >= 0.3 is 0 Å². The number of piperazine rings is 1. The second-order valence-electron chi connectivity index (χ2n) is 5.97. The molecule has 22 heavy (non-hydrogen) atoms. The minimum atomic E-state index is -2.11. The Kier molecular flexibility index (Phi) is 5.54. The number of carbonyl (C=O) groups excluding carboxylic acids is 2. The topological polar surface area (TPSA) is 113 Å². The summed E-state index contributed by atoms with van der Waals surface area (Å²) in [5.41, 5.74) is 0. The van der Waals surface area contributed by atoms with Gasteiger partial charge in [0.25, 0.3) is 0 Å². The first-order valence-electron chi connectivity index (χ1n) is 7.36. The molecule has 0 spiro atoms. The van der Waals surface area contributed by atoms with E-state index in [0.29, 0.717) is 26.2 Å². The van der Waals surface area contributed by atoms with Crippen molar-refractivity contribution in [1.82, 2.24) is 15.1 Å². The van der Waals surface area contributed by atoms with Gasteiger partial charge in [-0.3, -0.25) is 18.7 Å². The van der Waals surface area contributed by atoms with Gasteiger partial charge in [0.05, 0.1) is 29.9 Å². The molecule has 0 aromatic heterocycles.